The van der Waals surface area contributed by atoms with Crippen LogP contribution in [0.4, 0.5) is 5.82 Å². The number of carbonyl (C=O) groups is 1. The van der Waals surface area contributed by atoms with Crippen molar-refractivity contribution in [1.29, 1.82) is 0 Å². The van der Waals surface area contributed by atoms with Crippen LogP contribution in [0.5, 0.6) is 0 Å². The molecule has 2 aromatic carbocycles. The zero-order chi connectivity index (χ0) is 26.4. The Morgan fingerprint density at radius 2 is 1.70 bits per heavy atom. The molecule has 1 fully saturated rings. The number of anilines is 1. The highest BCUT2D eigenvalue weighted by molar-refractivity contribution is 7.92. The van der Waals surface area contributed by atoms with E-state index in [4.69, 9.17) is 14.7 Å². The van der Waals surface area contributed by atoms with E-state index in [0.717, 1.165) is 16.5 Å². The molecule has 196 valence electrons. The lowest BCUT2D eigenvalue weighted by Crippen LogP contribution is -2.47. The predicted molar refractivity (Wildman–Crippen MR) is 145 cm³/mol. The molecule has 1 aromatic heterocycles. The van der Waals surface area contributed by atoms with Gasteiger partial charge in [-0.15, -0.1) is 0 Å². The molecule has 1 aliphatic rings. The van der Waals surface area contributed by atoms with Crippen molar-refractivity contribution in [3.8, 4) is 0 Å². The molecule has 1 atom stereocenters. The molecule has 2 heterocycles. The lowest BCUT2D eigenvalue weighted by Gasteiger charge is -2.33. The maximum atomic E-state index is 12.8. The fraction of sp³-hybridized carbons (Fsp3) is 0.370. The van der Waals surface area contributed by atoms with E-state index in [2.05, 4.69) is 10.2 Å². The van der Waals surface area contributed by atoms with E-state index in [-0.39, 0.29) is 11.9 Å². The minimum atomic E-state index is -3.50. The normalized spacial score (nSPS) is 16.3. The number of rotatable bonds is 9. The maximum absolute atomic E-state index is 12.8. The molecule has 0 amide bonds. The lowest BCUT2D eigenvalue weighted by atomic mass is 10.0. The van der Waals surface area contributed by atoms with Crippen LogP contribution in [-0.2, 0) is 26.1 Å². The van der Waals surface area contributed by atoms with Gasteiger partial charge in [0.05, 0.1) is 19.2 Å². The number of esters is 1. The SMILES string of the molecule is COC(=O)[C@@H](Nc1nc(CN2CCN(S(=O)(=O)C=Cc3ccccc3)CC2)nc2ccccc12)C(C)C. The van der Waals surface area contributed by atoms with Crippen LogP contribution in [0, 0.1) is 5.92 Å². The van der Waals surface area contributed by atoms with Gasteiger partial charge < -0.3 is 10.1 Å². The van der Waals surface area contributed by atoms with Crippen LogP contribution >= 0.6 is 0 Å². The number of nitrogens with zero attached hydrogens (tertiary/aromatic N) is 4. The Morgan fingerprint density at radius 1 is 1.03 bits per heavy atom. The van der Waals surface area contributed by atoms with Crippen molar-refractivity contribution in [3.05, 3.63) is 71.4 Å². The number of hydrogen-bond acceptors (Lipinski definition) is 8. The van der Waals surface area contributed by atoms with Crippen LogP contribution in [0.1, 0.15) is 25.2 Å². The number of aromatic nitrogens is 2. The number of benzene rings is 2. The number of fused-ring (bicyclic) bond motifs is 1. The maximum Gasteiger partial charge on any atom is 0.328 e. The van der Waals surface area contributed by atoms with Crippen molar-refractivity contribution >= 4 is 38.8 Å². The molecule has 9 nitrogen and oxygen atoms in total. The zero-order valence-corrected chi connectivity index (χ0v) is 22.2. The zero-order valence-electron chi connectivity index (χ0n) is 21.4. The number of methoxy groups -OCH3 is 1. The molecule has 1 saturated heterocycles. The highest BCUT2D eigenvalue weighted by Gasteiger charge is 2.27. The number of sulfonamides is 1. The Hall–Kier alpha value is -3.34. The summed E-state index contributed by atoms with van der Waals surface area (Å²) < 4.78 is 32.1. The molecule has 1 aliphatic heterocycles. The van der Waals surface area contributed by atoms with Crippen LogP contribution in [0.15, 0.2) is 60.0 Å². The predicted octanol–water partition coefficient (Wildman–Crippen LogP) is 3.36. The lowest BCUT2D eigenvalue weighted by molar-refractivity contribution is -0.142. The first kappa shape index (κ1) is 26.7. The Kier molecular flexibility index (Phi) is 8.52. The molecule has 1 N–H and O–H groups in total. The van der Waals surface area contributed by atoms with Crippen molar-refractivity contribution in [3.63, 3.8) is 0 Å². The van der Waals surface area contributed by atoms with Crippen molar-refractivity contribution in [1.82, 2.24) is 19.2 Å². The van der Waals surface area contributed by atoms with Crippen molar-refractivity contribution in [2.24, 2.45) is 5.92 Å². The second-order valence-electron chi connectivity index (χ2n) is 9.33. The molecule has 0 spiro atoms. The first-order valence-corrected chi connectivity index (χ1v) is 13.8. The van der Waals surface area contributed by atoms with E-state index >= 15 is 0 Å². The first-order chi connectivity index (χ1) is 17.8. The summed E-state index contributed by atoms with van der Waals surface area (Å²) in [6.45, 7) is 6.26. The van der Waals surface area contributed by atoms with Gasteiger partial charge in [-0.25, -0.2) is 23.2 Å². The molecular weight excluding hydrogens is 490 g/mol. The van der Waals surface area contributed by atoms with Gasteiger partial charge in [0.25, 0.3) is 0 Å². The van der Waals surface area contributed by atoms with E-state index in [1.807, 2.05) is 68.4 Å². The van der Waals surface area contributed by atoms with Gasteiger partial charge in [0.15, 0.2) is 0 Å². The molecule has 0 aliphatic carbocycles. The summed E-state index contributed by atoms with van der Waals surface area (Å²) in [7, 11) is -2.13. The van der Waals surface area contributed by atoms with E-state index in [0.29, 0.717) is 44.4 Å². The third-order valence-electron chi connectivity index (χ3n) is 6.35. The molecule has 0 saturated carbocycles. The van der Waals surface area contributed by atoms with Crippen LogP contribution in [-0.4, -0.2) is 72.9 Å². The third kappa shape index (κ3) is 6.71. The summed E-state index contributed by atoms with van der Waals surface area (Å²) >= 11 is 0. The molecule has 10 heteroatoms. The molecule has 37 heavy (non-hydrogen) atoms. The van der Waals surface area contributed by atoms with Crippen molar-refractivity contribution in [2.75, 3.05) is 38.6 Å². The minimum absolute atomic E-state index is 0.00408. The van der Waals surface area contributed by atoms with Crippen molar-refractivity contribution in [2.45, 2.75) is 26.4 Å². The van der Waals surface area contributed by atoms with Gasteiger partial charge >= 0.3 is 5.97 Å². The topological polar surface area (TPSA) is 105 Å². The largest absolute Gasteiger partial charge is 0.467 e. The quantitative estimate of drug-likeness (QED) is 0.426. The Labute approximate surface area is 218 Å². The standard InChI is InChI=1S/C27H33N5O4S/c1-20(2)25(27(33)36-3)30-26-22-11-7-8-12-23(22)28-24(29-26)19-31-14-16-32(17-15-31)37(34,35)18-13-21-9-5-4-6-10-21/h4-13,18,20,25H,14-17,19H2,1-3H3,(H,28,29,30)/t25-/m0/s1. The molecule has 4 rings (SSSR count). The first-order valence-electron chi connectivity index (χ1n) is 12.3. The highest BCUT2D eigenvalue weighted by atomic mass is 32.2. The van der Waals surface area contributed by atoms with Crippen LogP contribution in [0.2, 0.25) is 0 Å². The summed E-state index contributed by atoms with van der Waals surface area (Å²) in [6, 6.07) is 16.5. The highest BCUT2D eigenvalue weighted by Crippen LogP contribution is 2.23. The second kappa shape index (κ2) is 11.8. The van der Waals surface area contributed by atoms with E-state index in [9.17, 15) is 13.2 Å². The summed E-state index contributed by atoms with van der Waals surface area (Å²) in [5.74, 6) is 0.833. The Bertz CT molecular complexity index is 1350. The van der Waals surface area contributed by atoms with Crippen molar-refractivity contribution < 1.29 is 17.9 Å². The van der Waals surface area contributed by atoms with E-state index in [1.165, 1.54) is 16.8 Å². The minimum Gasteiger partial charge on any atom is -0.467 e. The molecule has 0 bridgehead atoms. The second-order valence-corrected chi connectivity index (χ2v) is 11.1. The number of carbonyl (C=O) groups excluding carboxylic acids is 1. The number of nitrogens with one attached hydrogen (secondary N) is 1. The van der Waals surface area contributed by atoms with Crippen LogP contribution in [0.3, 0.4) is 0 Å². The van der Waals surface area contributed by atoms with E-state index in [1.54, 1.807) is 6.08 Å². The van der Waals surface area contributed by atoms with Gasteiger partial charge in [-0.05, 0) is 29.7 Å². The molecular formula is C27H33N5O4S. The van der Waals surface area contributed by atoms with Crippen LogP contribution < -0.4 is 5.32 Å². The monoisotopic (exact) mass is 523 g/mol. The summed E-state index contributed by atoms with van der Waals surface area (Å²) in [4.78, 5) is 24.0. The van der Waals surface area contributed by atoms with Gasteiger partial charge in [-0.1, -0.05) is 56.3 Å². The fourth-order valence-corrected chi connectivity index (χ4v) is 5.41. The van der Waals surface area contributed by atoms with Gasteiger partial charge in [-0.3, -0.25) is 4.90 Å². The van der Waals surface area contributed by atoms with Gasteiger partial charge in [0, 0.05) is 37.0 Å². The number of piperazine rings is 1. The van der Waals surface area contributed by atoms with Gasteiger partial charge in [0.2, 0.25) is 10.0 Å². The summed E-state index contributed by atoms with van der Waals surface area (Å²) in [5, 5.41) is 5.36. The van der Waals surface area contributed by atoms with Crippen LogP contribution in [0.25, 0.3) is 17.0 Å². The molecule has 0 unspecified atom stereocenters. The molecule has 0 radical (unpaired) electrons. The summed E-state index contributed by atoms with van der Waals surface area (Å²) in [6.07, 6.45) is 1.62. The van der Waals surface area contributed by atoms with Gasteiger partial charge in [0.1, 0.15) is 17.7 Å². The third-order valence-corrected chi connectivity index (χ3v) is 7.92. The Morgan fingerprint density at radius 3 is 2.38 bits per heavy atom. The average Bonchev–Trinajstić information content (AvgIpc) is 2.91. The number of hydrogen-bond donors (Lipinski definition) is 1. The Balaban J connectivity index is 1.46. The number of ether oxygens (including phenoxy) is 1. The molecule has 3 aromatic rings. The van der Waals surface area contributed by atoms with Gasteiger partial charge in [-0.2, -0.15) is 4.31 Å². The summed E-state index contributed by atoms with van der Waals surface area (Å²) in [5.41, 5.74) is 1.61. The fourth-order valence-electron chi connectivity index (χ4n) is 4.23. The van der Waals surface area contributed by atoms with E-state index < -0.39 is 16.1 Å². The average molecular weight is 524 g/mol. The smallest absolute Gasteiger partial charge is 0.328 e. The number of para-hydroxylation sites is 1.